The molecule has 6 aromatic carbocycles. The van der Waals surface area contributed by atoms with Crippen molar-refractivity contribution in [3.05, 3.63) is 116 Å². The van der Waals surface area contributed by atoms with Gasteiger partial charge in [0.2, 0.25) is 0 Å². The second kappa shape index (κ2) is 22.5. The van der Waals surface area contributed by atoms with Crippen molar-refractivity contribution in [3.8, 4) is 45.6 Å². The third-order valence-corrected chi connectivity index (χ3v) is 18.5. The van der Waals surface area contributed by atoms with Crippen LogP contribution in [0.4, 0.5) is 0 Å². The van der Waals surface area contributed by atoms with Gasteiger partial charge in [-0.1, -0.05) is 190 Å². The van der Waals surface area contributed by atoms with Gasteiger partial charge in [-0.2, -0.15) is 0 Å². The van der Waals surface area contributed by atoms with Gasteiger partial charge in [0.05, 0.1) is 39.6 Å². The molecule has 0 aliphatic carbocycles. The van der Waals surface area contributed by atoms with Crippen LogP contribution in [0.1, 0.15) is 222 Å². The van der Waals surface area contributed by atoms with E-state index in [0.29, 0.717) is 79.1 Å². The molecular weight excluding hydrogens is 1110 g/mol. The summed E-state index contributed by atoms with van der Waals surface area (Å²) in [5, 5.41) is 3.81. The van der Waals surface area contributed by atoms with Gasteiger partial charge in [-0.15, -0.1) is 0 Å². The van der Waals surface area contributed by atoms with E-state index in [2.05, 4.69) is 215 Å². The molecule has 0 unspecified atom stereocenters. The Morgan fingerprint density at radius 3 is 0.674 bits per heavy atom. The zero-order chi connectivity index (χ0) is 64.3. The van der Waals surface area contributed by atoms with Crippen molar-refractivity contribution in [1.29, 1.82) is 0 Å². The normalized spacial score (nSPS) is 13.2. The van der Waals surface area contributed by atoms with Crippen LogP contribution in [-0.2, 0) is 43.3 Å². The zero-order valence-corrected chi connectivity index (χ0v) is 59.5. The molecule has 0 fully saturated rings. The minimum Gasteiger partial charge on any atom is -0.493 e. The lowest BCUT2D eigenvalue weighted by molar-refractivity contribution is 0.349. The molecular formula is C74H100O10P2. The van der Waals surface area contributed by atoms with Gasteiger partial charge < -0.3 is 44.8 Å². The SMILES string of the molecule is COc1cc(C)c(Op2oc3c(C(C)(C)C)cc(C(C)(C)C)cc3c3cc(C(C)(C)C)cc(C(C)(C)C)c3o2)c(-c2c(Op3oc4c(C(C)(C)C)cc(C(C)(C)C)cc4c4cc(C(C)(C)C)cc(C(C)(C)C)c4o3)c(C)cc(OC)c2OC)c1OC. The molecule has 0 saturated heterocycles. The molecule has 0 N–H and O–H groups in total. The minimum atomic E-state index is -2.33. The lowest BCUT2D eigenvalue weighted by Gasteiger charge is -2.27. The van der Waals surface area contributed by atoms with Gasteiger partial charge in [-0.25, -0.2) is 0 Å². The van der Waals surface area contributed by atoms with Crippen LogP contribution in [0.5, 0.6) is 34.5 Å². The average Bonchev–Trinajstić information content (AvgIpc) is 1.36. The number of hydrogen-bond donors (Lipinski definition) is 0. The second-order valence-electron chi connectivity index (χ2n) is 31.9. The van der Waals surface area contributed by atoms with E-state index in [1.54, 1.807) is 28.4 Å². The Kier molecular flexibility index (Phi) is 17.2. The maximum absolute atomic E-state index is 7.57. The number of rotatable bonds is 9. The molecule has 0 amide bonds. The molecule has 0 atom stereocenters. The highest BCUT2D eigenvalue weighted by molar-refractivity contribution is 7.32. The molecule has 2 heterocycles. The number of aryl methyl sites for hydroxylation is 2. The molecule has 8 rings (SSSR count). The van der Waals surface area contributed by atoms with E-state index in [4.69, 9.17) is 44.8 Å². The molecule has 466 valence electrons. The Morgan fingerprint density at radius 2 is 0.500 bits per heavy atom. The zero-order valence-electron chi connectivity index (χ0n) is 57.8. The molecule has 0 radical (unpaired) electrons. The molecule has 2 aromatic heterocycles. The van der Waals surface area contributed by atoms with Crippen molar-refractivity contribution in [2.75, 3.05) is 28.4 Å². The third kappa shape index (κ3) is 12.8. The summed E-state index contributed by atoms with van der Waals surface area (Å²) in [6.45, 7) is 57.9. The van der Waals surface area contributed by atoms with Gasteiger partial charge in [0.15, 0.2) is 34.5 Å². The quantitative estimate of drug-likeness (QED) is 0.139. The molecule has 0 saturated carbocycles. The van der Waals surface area contributed by atoms with Gasteiger partial charge in [-0.05, 0) is 127 Å². The molecule has 12 heteroatoms. The molecule has 0 spiro atoms. The maximum Gasteiger partial charge on any atom is 0.453 e. The lowest BCUT2D eigenvalue weighted by atomic mass is 9.77. The fourth-order valence-corrected chi connectivity index (χ4v) is 13.5. The van der Waals surface area contributed by atoms with Crippen molar-refractivity contribution in [1.82, 2.24) is 0 Å². The van der Waals surface area contributed by atoms with Crippen molar-refractivity contribution in [2.45, 2.75) is 223 Å². The van der Waals surface area contributed by atoms with E-state index >= 15 is 0 Å². The molecule has 0 bridgehead atoms. The second-order valence-corrected chi connectivity index (χ2v) is 33.9. The van der Waals surface area contributed by atoms with Crippen molar-refractivity contribution in [2.24, 2.45) is 0 Å². The fraction of sp³-hybridized carbons (Fsp3) is 0.514. The van der Waals surface area contributed by atoms with Crippen molar-refractivity contribution < 1.29 is 44.8 Å². The first-order valence-corrected chi connectivity index (χ1v) is 32.5. The highest BCUT2D eigenvalue weighted by Gasteiger charge is 2.36. The summed E-state index contributed by atoms with van der Waals surface area (Å²) in [6, 6.07) is 22.2. The summed E-state index contributed by atoms with van der Waals surface area (Å²) in [5.41, 5.74) is 11.9. The first-order valence-electron chi connectivity index (χ1n) is 30.3. The van der Waals surface area contributed by atoms with Crippen LogP contribution in [0.25, 0.3) is 55.0 Å². The van der Waals surface area contributed by atoms with Crippen LogP contribution in [0.15, 0.2) is 77.5 Å². The van der Waals surface area contributed by atoms with E-state index in [1.807, 2.05) is 26.0 Å². The highest BCUT2D eigenvalue weighted by atomic mass is 31.1. The van der Waals surface area contributed by atoms with Crippen LogP contribution < -0.4 is 28.0 Å². The van der Waals surface area contributed by atoms with E-state index in [1.165, 1.54) is 22.3 Å². The standard InChI is InChI=1S/C74H100O10P2/c1-41-31-55(75-27)65(77-29)57(59(41)79-85-81-61-47(33-43(67(3,4)5)37-51(61)71(15,16)17)48-34-44(68(6,7)8)38-52(62(48)82-85)72(18,19)20)58-60(42(2)32-56(76-28)66(58)78-30)80-86-83-63-49(35-45(69(9,10)11)39-53(63)73(21,22)23)50-36-46(70(12,13)14)40-54(64(50)84-86)74(24,25)26/h31-40H,1-30H3. The van der Waals surface area contributed by atoms with Crippen molar-refractivity contribution in [3.63, 3.8) is 0 Å². The summed E-state index contributed by atoms with van der Waals surface area (Å²) in [5.74, 6) is 2.39. The van der Waals surface area contributed by atoms with Crippen molar-refractivity contribution >= 4 is 60.4 Å². The number of hydrogen-bond acceptors (Lipinski definition) is 10. The lowest BCUT2D eigenvalue weighted by Crippen LogP contribution is -2.17. The van der Waals surface area contributed by atoms with Crippen LogP contribution in [0, 0.1) is 13.8 Å². The first-order chi connectivity index (χ1) is 39.3. The molecule has 8 aromatic rings. The Balaban J connectivity index is 1.57. The summed E-state index contributed by atoms with van der Waals surface area (Å²) < 4.78 is 70.5. The van der Waals surface area contributed by atoms with E-state index < -0.39 is 16.5 Å². The largest absolute Gasteiger partial charge is 0.493 e. The predicted molar refractivity (Wildman–Crippen MR) is 362 cm³/mol. The third-order valence-electron chi connectivity index (χ3n) is 16.5. The smallest absolute Gasteiger partial charge is 0.453 e. The predicted octanol–water partition coefficient (Wildman–Crippen LogP) is 23.3. The average molecular weight is 1210 g/mol. The number of ether oxygens (including phenoxy) is 4. The Hall–Kier alpha value is -6.08. The molecule has 86 heavy (non-hydrogen) atoms. The topological polar surface area (TPSA) is 108 Å². The minimum absolute atomic E-state index is 0.187. The Labute approximate surface area is 516 Å². The van der Waals surface area contributed by atoms with E-state index in [0.717, 1.165) is 43.8 Å². The molecule has 0 aliphatic rings. The monoisotopic (exact) mass is 1210 g/mol. The van der Waals surface area contributed by atoms with Gasteiger partial charge >= 0.3 is 16.5 Å². The van der Waals surface area contributed by atoms with Gasteiger partial charge in [-0.3, -0.25) is 0 Å². The Bertz CT molecular complexity index is 3570. The van der Waals surface area contributed by atoms with Crippen LogP contribution in [-0.4, -0.2) is 28.4 Å². The maximum atomic E-state index is 7.57. The van der Waals surface area contributed by atoms with E-state index in [9.17, 15) is 0 Å². The van der Waals surface area contributed by atoms with E-state index in [-0.39, 0.29) is 43.3 Å². The summed E-state index contributed by atoms with van der Waals surface area (Å²) >= 11 is 0. The molecule has 0 aliphatic heterocycles. The Morgan fingerprint density at radius 1 is 0.279 bits per heavy atom. The summed E-state index contributed by atoms with van der Waals surface area (Å²) in [7, 11) is 1.84. The van der Waals surface area contributed by atoms with Gasteiger partial charge in [0.25, 0.3) is 0 Å². The van der Waals surface area contributed by atoms with Gasteiger partial charge in [0.1, 0.15) is 22.3 Å². The highest BCUT2D eigenvalue weighted by Crippen LogP contribution is 2.60. The van der Waals surface area contributed by atoms with Crippen LogP contribution >= 0.6 is 16.5 Å². The summed E-state index contributed by atoms with van der Waals surface area (Å²) in [4.78, 5) is 0. The van der Waals surface area contributed by atoms with Crippen LogP contribution in [0.2, 0.25) is 0 Å². The van der Waals surface area contributed by atoms with Crippen LogP contribution in [0.3, 0.4) is 0 Å². The number of fused-ring (bicyclic) bond motifs is 6. The molecule has 10 nitrogen and oxygen atoms in total. The van der Waals surface area contributed by atoms with Gasteiger partial charge in [0, 0.05) is 43.8 Å². The summed E-state index contributed by atoms with van der Waals surface area (Å²) in [6.07, 6.45) is 0. The number of benzene rings is 6. The first kappa shape index (κ1) is 65.9. The fourth-order valence-electron chi connectivity index (χ4n) is 11.1. The number of methoxy groups -OCH3 is 4.